The van der Waals surface area contributed by atoms with Crippen molar-refractivity contribution >= 4 is 23.5 Å². The molecule has 0 radical (unpaired) electrons. The molecule has 3 heterocycles. The maximum Gasteiger partial charge on any atom is 0.270 e. The summed E-state index contributed by atoms with van der Waals surface area (Å²) < 4.78 is 5.43. The Balaban J connectivity index is 1.54. The number of nitrogens with one attached hydrogen (secondary N) is 3. The number of hydrogen-bond donors (Lipinski definition) is 3. The monoisotopic (exact) mass is 479 g/mol. The highest BCUT2D eigenvalue weighted by atomic mass is 16.5. The normalized spacial score (nSPS) is 27.5. The van der Waals surface area contributed by atoms with Crippen LogP contribution in [0, 0.1) is 41.4 Å². The summed E-state index contributed by atoms with van der Waals surface area (Å²) in [5, 5.41) is 15.2. The fraction of sp³-hybridized carbons (Fsp3) is 0.538. The van der Waals surface area contributed by atoms with Crippen LogP contribution in [0.3, 0.4) is 0 Å². The third-order valence-electron chi connectivity index (χ3n) is 7.89. The highest BCUT2D eigenvalue weighted by Crippen LogP contribution is 2.65. The van der Waals surface area contributed by atoms with Crippen LogP contribution in [0.5, 0.6) is 0 Å². The van der Waals surface area contributed by atoms with Crippen LogP contribution in [-0.4, -0.2) is 59.9 Å². The van der Waals surface area contributed by atoms with Gasteiger partial charge in [0.25, 0.3) is 5.91 Å². The predicted molar refractivity (Wildman–Crippen MR) is 130 cm³/mol. The second-order valence-electron chi connectivity index (χ2n) is 10.3. The largest absolute Gasteiger partial charge is 0.496 e. The molecule has 3 N–H and O–H groups in total. The summed E-state index contributed by atoms with van der Waals surface area (Å²) in [7, 11) is 1.56. The molecule has 186 valence electrons. The summed E-state index contributed by atoms with van der Waals surface area (Å²) in [6.45, 7) is 10.8. The van der Waals surface area contributed by atoms with Gasteiger partial charge in [-0.05, 0) is 49.2 Å². The molecule has 1 saturated carbocycles. The molecule has 0 spiro atoms. The van der Waals surface area contributed by atoms with Gasteiger partial charge in [0.05, 0.1) is 13.2 Å². The fourth-order valence-corrected chi connectivity index (χ4v) is 5.81. The topological polar surface area (TPSA) is 127 Å². The molecule has 9 heteroatoms. The van der Waals surface area contributed by atoms with E-state index < -0.39 is 12.1 Å². The quantitative estimate of drug-likeness (QED) is 0.389. The van der Waals surface area contributed by atoms with E-state index in [2.05, 4.69) is 42.1 Å². The summed E-state index contributed by atoms with van der Waals surface area (Å²) in [6.07, 6.45) is 4.25. The first-order valence-corrected chi connectivity index (χ1v) is 12.0. The minimum atomic E-state index is -0.790. The first-order valence-electron chi connectivity index (χ1n) is 12.0. The molecule has 0 aromatic carbocycles. The van der Waals surface area contributed by atoms with Crippen molar-refractivity contribution in [1.82, 2.24) is 20.5 Å². The number of carbonyl (C=O) groups excluding carboxylic acids is 3. The highest BCUT2D eigenvalue weighted by molar-refractivity contribution is 5.98. The Bertz CT molecular complexity index is 1130. The molecule has 4 rings (SSSR count). The molecule has 3 aliphatic rings. The first kappa shape index (κ1) is 24.6. The Morgan fingerprint density at radius 1 is 1.46 bits per heavy atom. The van der Waals surface area contributed by atoms with Gasteiger partial charge in [0.2, 0.25) is 11.8 Å². The Kier molecular flexibility index (Phi) is 6.50. The SMILES string of the molecule is C=C/C=C(/OC)c1cc(C(=O)N2C[C@H]3C([C@H]2C(=O)N[C@H](C#N)C[C@@H]2CCNC2=O)C3(C)C)[nH]c1C. The van der Waals surface area contributed by atoms with Crippen LogP contribution < -0.4 is 10.6 Å². The summed E-state index contributed by atoms with van der Waals surface area (Å²) in [5.41, 5.74) is 1.84. The smallest absolute Gasteiger partial charge is 0.270 e. The van der Waals surface area contributed by atoms with Gasteiger partial charge in [-0.25, -0.2) is 0 Å². The van der Waals surface area contributed by atoms with E-state index in [1.807, 2.05) is 6.92 Å². The lowest BCUT2D eigenvalue weighted by Crippen LogP contribution is -2.52. The van der Waals surface area contributed by atoms with Gasteiger partial charge in [-0.2, -0.15) is 5.26 Å². The maximum atomic E-state index is 13.6. The van der Waals surface area contributed by atoms with Crippen LogP contribution in [0.25, 0.3) is 5.76 Å². The number of hydrogen-bond acceptors (Lipinski definition) is 5. The molecule has 3 amide bonds. The Morgan fingerprint density at radius 2 is 2.20 bits per heavy atom. The number of carbonyl (C=O) groups is 3. The minimum absolute atomic E-state index is 0.0197. The van der Waals surface area contributed by atoms with Gasteiger partial charge < -0.3 is 25.3 Å². The highest BCUT2D eigenvalue weighted by Gasteiger charge is 2.69. The number of H-pyrrole nitrogens is 1. The van der Waals surface area contributed by atoms with E-state index in [-0.39, 0.29) is 47.3 Å². The number of piperidine rings is 1. The van der Waals surface area contributed by atoms with Crippen LogP contribution in [-0.2, 0) is 14.3 Å². The molecule has 0 bridgehead atoms. The summed E-state index contributed by atoms with van der Waals surface area (Å²) in [5.74, 6) is -0.153. The van der Waals surface area contributed by atoms with Crippen molar-refractivity contribution in [1.29, 1.82) is 5.26 Å². The van der Waals surface area contributed by atoms with E-state index >= 15 is 0 Å². The predicted octanol–water partition coefficient (Wildman–Crippen LogP) is 2.13. The van der Waals surface area contributed by atoms with Gasteiger partial charge in [0.1, 0.15) is 23.5 Å². The zero-order valence-electron chi connectivity index (χ0n) is 20.7. The average Bonchev–Trinajstić information content (AvgIpc) is 3.30. The average molecular weight is 480 g/mol. The van der Waals surface area contributed by atoms with Crippen LogP contribution in [0.2, 0.25) is 0 Å². The van der Waals surface area contributed by atoms with Crippen molar-refractivity contribution in [3.05, 3.63) is 41.7 Å². The van der Waals surface area contributed by atoms with Crippen molar-refractivity contribution < 1.29 is 19.1 Å². The Morgan fingerprint density at radius 3 is 2.80 bits per heavy atom. The zero-order chi connectivity index (χ0) is 25.5. The van der Waals surface area contributed by atoms with Gasteiger partial charge in [0, 0.05) is 30.3 Å². The van der Waals surface area contributed by atoms with E-state index in [9.17, 15) is 19.6 Å². The van der Waals surface area contributed by atoms with E-state index in [0.717, 1.165) is 11.3 Å². The van der Waals surface area contributed by atoms with Gasteiger partial charge in [-0.15, -0.1) is 0 Å². The number of methoxy groups -OCH3 is 1. The lowest BCUT2D eigenvalue weighted by molar-refractivity contribution is -0.127. The number of nitriles is 1. The number of fused-ring (bicyclic) bond motifs is 1. The number of allylic oxidation sites excluding steroid dienone is 2. The molecule has 1 aromatic heterocycles. The van der Waals surface area contributed by atoms with Gasteiger partial charge >= 0.3 is 0 Å². The molecule has 9 nitrogen and oxygen atoms in total. The third-order valence-corrected chi connectivity index (χ3v) is 7.89. The Hall–Kier alpha value is -3.54. The van der Waals surface area contributed by atoms with Crippen molar-refractivity contribution in [2.24, 2.45) is 23.2 Å². The molecular formula is C26H33N5O4. The Labute approximate surface area is 205 Å². The maximum absolute atomic E-state index is 13.6. The van der Waals surface area contributed by atoms with E-state index in [0.29, 0.717) is 31.0 Å². The number of aryl methyl sites for hydroxylation is 1. The lowest BCUT2D eigenvalue weighted by atomic mass is 9.97. The molecule has 35 heavy (non-hydrogen) atoms. The van der Waals surface area contributed by atoms with Crippen LogP contribution in [0.4, 0.5) is 0 Å². The molecule has 3 fully saturated rings. The summed E-state index contributed by atoms with van der Waals surface area (Å²) in [6, 6.07) is 2.39. The molecule has 1 aromatic rings. The van der Waals surface area contributed by atoms with Crippen molar-refractivity contribution in [3.63, 3.8) is 0 Å². The molecular weight excluding hydrogens is 446 g/mol. The fourth-order valence-electron chi connectivity index (χ4n) is 5.81. The number of ether oxygens (including phenoxy) is 1. The van der Waals surface area contributed by atoms with Crippen molar-refractivity contribution in [2.45, 2.75) is 45.7 Å². The van der Waals surface area contributed by atoms with E-state index in [4.69, 9.17) is 4.74 Å². The second-order valence-corrected chi connectivity index (χ2v) is 10.3. The van der Waals surface area contributed by atoms with Crippen LogP contribution in [0.15, 0.2) is 24.8 Å². The molecule has 5 atom stereocenters. The van der Waals surface area contributed by atoms with E-state index in [1.54, 1.807) is 30.2 Å². The molecule has 2 saturated heterocycles. The van der Waals surface area contributed by atoms with Crippen molar-refractivity contribution in [2.75, 3.05) is 20.2 Å². The second kappa shape index (κ2) is 9.25. The van der Waals surface area contributed by atoms with Crippen LogP contribution in [0.1, 0.15) is 48.4 Å². The first-order chi connectivity index (χ1) is 16.6. The van der Waals surface area contributed by atoms with E-state index in [1.165, 1.54) is 0 Å². The van der Waals surface area contributed by atoms with Gasteiger partial charge in [-0.1, -0.05) is 26.5 Å². The number of nitrogens with zero attached hydrogens (tertiary/aromatic N) is 2. The molecule has 1 unspecified atom stereocenters. The standard InChI is InChI=1S/C26H33N5O4/c1-6-7-20(35-5)17-11-19(29-14(17)2)25(34)31-13-18-21(26(18,3)4)22(31)24(33)30-16(12-27)10-15-8-9-28-23(15)32/h6-7,11,15-16,18,21-22,29H,1,8-10,13H2,2-5H3,(H,28,32)(H,30,33)/b20-7+/t15-,16-,18-,21?,22-/m0/s1. The summed E-state index contributed by atoms with van der Waals surface area (Å²) in [4.78, 5) is 43.7. The lowest BCUT2D eigenvalue weighted by Gasteiger charge is -2.30. The van der Waals surface area contributed by atoms with Gasteiger partial charge in [0.15, 0.2) is 0 Å². The number of likely N-dealkylation sites (tertiary alicyclic amines) is 1. The van der Waals surface area contributed by atoms with Crippen molar-refractivity contribution in [3.8, 4) is 6.07 Å². The van der Waals surface area contributed by atoms with Gasteiger partial charge in [-0.3, -0.25) is 14.4 Å². The zero-order valence-corrected chi connectivity index (χ0v) is 20.7. The number of aromatic amines is 1. The molecule has 2 aliphatic heterocycles. The number of amides is 3. The molecule has 1 aliphatic carbocycles. The number of rotatable bonds is 8. The minimum Gasteiger partial charge on any atom is -0.496 e. The number of aromatic nitrogens is 1. The summed E-state index contributed by atoms with van der Waals surface area (Å²) >= 11 is 0. The third kappa shape index (κ3) is 4.33. The van der Waals surface area contributed by atoms with Crippen LogP contribution >= 0.6 is 0 Å².